The molecule has 0 atom stereocenters. The van der Waals surface area contributed by atoms with E-state index in [4.69, 9.17) is 0 Å². The van der Waals surface area contributed by atoms with Gasteiger partial charge < -0.3 is 10.2 Å². The Morgan fingerprint density at radius 1 is 1.00 bits per heavy atom. The predicted octanol–water partition coefficient (Wildman–Crippen LogP) is 4.77. The van der Waals surface area contributed by atoms with E-state index in [-0.39, 0.29) is 17.3 Å². The van der Waals surface area contributed by atoms with Crippen LogP contribution in [0.15, 0.2) is 66.9 Å². The van der Waals surface area contributed by atoms with Gasteiger partial charge in [-0.1, -0.05) is 24.3 Å². The van der Waals surface area contributed by atoms with Crippen LogP contribution >= 0.6 is 0 Å². The van der Waals surface area contributed by atoms with E-state index in [9.17, 15) is 13.6 Å². The third-order valence-corrected chi connectivity index (χ3v) is 3.84. The molecule has 0 aliphatic heterocycles. The minimum Gasteiger partial charge on any atom is -0.349 e. The zero-order valence-corrected chi connectivity index (χ0v) is 14.1. The number of nitrogens with zero attached hydrogens (tertiary/aromatic N) is 2. The van der Waals surface area contributed by atoms with Gasteiger partial charge in [-0.3, -0.25) is 4.79 Å². The molecule has 132 valence electrons. The van der Waals surface area contributed by atoms with Gasteiger partial charge >= 0.3 is 0 Å². The Morgan fingerprint density at radius 2 is 1.69 bits per heavy atom. The van der Waals surface area contributed by atoms with Crippen LogP contribution in [-0.4, -0.2) is 17.4 Å². The summed E-state index contributed by atoms with van der Waals surface area (Å²) >= 11 is 0. The zero-order valence-electron chi connectivity index (χ0n) is 14.1. The second-order valence-electron chi connectivity index (χ2n) is 5.54. The number of amides is 1. The van der Waals surface area contributed by atoms with Crippen molar-refractivity contribution < 1.29 is 13.6 Å². The van der Waals surface area contributed by atoms with Crippen molar-refractivity contribution in [3.05, 3.63) is 84.2 Å². The average molecular weight is 353 g/mol. The highest BCUT2D eigenvalue weighted by Gasteiger charge is 2.17. The van der Waals surface area contributed by atoms with E-state index in [0.29, 0.717) is 12.2 Å². The Balaban J connectivity index is 1.80. The number of aromatic nitrogens is 1. The molecule has 0 fully saturated rings. The number of benzene rings is 2. The minimum atomic E-state index is -0.702. The van der Waals surface area contributed by atoms with E-state index in [1.165, 1.54) is 18.3 Å². The number of rotatable bonds is 5. The number of anilines is 3. The number of carbonyl (C=O) groups excluding carboxylic acids is 1. The number of hydrogen-bond donors (Lipinski definition) is 1. The molecule has 1 N–H and O–H groups in total. The molecule has 26 heavy (non-hydrogen) atoms. The van der Waals surface area contributed by atoms with Crippen LogP contribution in [0.1, 0.15) is 17.4 Å². The van der Waals surface area contributed by atoms with Crippen molar-refractivity contribution in [3.8, 4) is 0 Å². The topological polar surface area (TPSA) is 45.2 Å². The van der Waals surface area contributed by atoms with Gasteiger partial charge in [-0.2, -0.15) is 0 Å². The molecule has 6 heteroatoms. The maximum absolute atomic E-state index is 13.7. The van der Waals surface area contributed by atoms with Gasteiger partial charge in [0.1, 0.15) is 23.0 Å². The van der Waals surface area contributed by atoms with Crippen molar-refractivity contribution >= 4 is 23.0 Å². The molecule has 4 nitrogen and oxygen atoms in total. The zero-order chi connectivity index (χ0) is 18.5. The van der Waals surface area contributed by atoms with Crippen molar-refractivity contribution in [2.24, 2.45) is 0 Å². The van der Waals surface area contributed by atoms with Gasteiger partial charge in [0.2, 0.25) is 0 Å². The standard InChI is InChI=1S/C20H17F2N3O/c1-2-25(15-7-4-3-5-8-15)20(26)18-12-11-14(13-23-18)24-19-16(21)9-6-10-17(19)22/h3-13,24H,2H2,1H3. The molecule has 1 heterocycles. The van der Waals surface area contributed by atoms with Crippen molar-refractivity contribution in [2.45, 2.75) is 6.92 Å². The molecule has 3 aromatic rings. The summed E-state index contributed by atoms with van der Waals surface area (Å²) in [5.74, 6) is -1.65. The lowest BCUT2D eigenvalue weighted by Gasteiger charge is -2.20. The summed E-state index contributed by atoms with van der Waals surface area (Å²) < 4.78 is 27.4. The lowest BCUT2D eigenvalue weighted by Crippen LogP contribution is -2.31. The average Bonchev–Trinajstić information content (AvgIpc) is 2.67. The van der Waals surface area contributed by atoms with Gasteiger partial charge in [-0.25, -0.2) is 13.8 Å². The third-order valence-electron chi connectivity index (χ3n) is 3.84. The fraction of sp³-hybridized carbons (Fsp3) is 0.100. The highest BCUT2D eigenvalue weighted by atomic mass is 19.1. The smallest absolute Gasteiger partial charge is 0.276 e. The minimum absolute atomic E-state index is 0.246. The van der Waals surface area contributed by atoms with Gasteiger partial charge in [-0.05, 0) is 43.3 Å². The predicted molar refractivity (Wildman–Crippen MR) is 97.7 cm³/mol. The Kier molecular flexibility index (Phi) is 5.22. The fourth-order valence-corrected chi connectivity index (χ4v) is 2.55. The summed E-state index contributed by atoms with van der Waals surface area (Å²) in [4.78, 5) is 18.4. The molecule has 0 bridgehead atoms. The lowest BCUT2D eigenvalue weighted by atomic mass is 10.2. The van der Waals surface area contributed by atoms with Crippen LogP contribution in [0.3, 0.4) is 0 Å². The largest absolute Gasteiger partial charge is 0.349 e. The summed E-state index contributed by atoms with van der Waals surface area (Å²) in [6.07, 6.45) is 1.37. The van der Waals surface area contributed by atoms with Crippen LogP contribution in [0.25, 0.3) is 0 Å². The molecular weight excluding hydrogens is 336 g/mol. The maximum atomic E-state index is 13.7. The first-order valence-electron chi connectivity index (χ1n) is 8.14. The third kappa shape index (κ3) is 3.69. The van der Waals surface area contributed by atoms with E-state index < -0.39 is 11.6 Å². The molecule has 1 aromatic heterocycles. The summed E-state index contributed by atoms with van der Waals surface area (Å²) in [7, 11) is 0. The molecule has 0 aliphatic rings. The van der Waals surface area contributed by atoms with Crippen LogP contribution in [0.2, 0.25) is 0 Å². The highest BCUT2D eigenvalue weighted by molar-refractivity contribution is 6.04. The second-order valence-corrected chi connectivity index (χ2v) is 5.54. The van der Waals surface area contributed by atoms with Crippen LogP contribution in [0.4, 0.5) is 25.8 Å². The first-order chi connectivity index (χ1) is 12.6. The molecule has 3 rings (SSSR count). The Bertz CT molecular complexity index is 878. The lowest BCUT2D eigenvalue weighted by molar-refractivity contribution is 0.0983. The van der Waals surface area contributed by atoms with E-state index in [1.807, 2.05) is 37.3 Å². The summed E-state index contributed by atoms with van der Waals surface area (Å²) in [5, 5.41) is 2.64. The van der Waals surface area contributed by atoms with Gasteiger partial charge in [0, 0.05) is 12.2 Å². The fourth-order valence-electron chi connectivity index (χ4n) is 2.55. The summed E-state index contributed by atoms with van der Waals surface area (Å²) in [6, 6.07) is 16.0. The van der Waals surface area contributed by atoms with E-state index in [1.54, 1.807) is 11.0 Å². The molecule has 0 aliphatic carbocycles. The highest BCUT2D eigenvalue weighted by Crippen LogP contribution is 2.23. The molecule has 2 aromatic carbocycles. The van der Waals surface area contributed by atoms with Crippen LogP contribution < -0.4 is 10.2 Å². The Morgan fingerprint density at radius 3 is 2.27 bits per heavy atom. The normalized spacial score (nSPS) is 10.4. The summed E-state index contributed by atoms with van der Waals surface area (Å²) in [5.41, 5.74) is 1.15. The molecule has 0 unspecified atom stereocenters. The first-order valence-corrected chi connectivity index (χ1v) is 8.14. The molecular formula is C20H17F2N3O. The number of nitrogens with one attached hydrogen (secondary N) is 1. The van der Waals surface area contributed by atoms with Gasteiger partial charge in [0.25, 0.3) is 5.91 Å². The molecule has 0 spiro atoms. The first kappa shape index (κ1) is 17.5. The van der Waals surface area contributed by atoms with Crippen LogP contribution in [-0.2, 0) is 0 Å². The van der Waals surface area contributed by atoms with Crippen molar-refractivity contribution in [2.75, 3.05) is 16.8 Å². The number of hydrogen-bond acceptors (Lipinski definition) is 3. The quantitative estimate of drug-likeness (QED) is 0.719. The van der Waals surface area contributed by atoms with Crippen LogP contribution in [0.5, 0.6) is 0 Å². The van der Waals surface area contributed by atoms with Crippen molar-refractivity contribution in [1.82, 2.24) is 4.98 Å². The van der Waals surface area contributed by atoms with Crippen LogP contribution in [0, 0.1) is 11.6 Å². The van der Waals surface area contributed by atoms with Crippen molar-refractivity contribution in [1.29, 1.82) is 0 Å². The molecule has 0 saturated heterocycles. The van der Waals surface area contributed by atoms with E-state index in [2.05, 4.69) is 10.3 Å². The number of carbonyl (C=O) groups is 1. The second kappa shape index (κ2) is 7.74. The Labute approximate surface area is 150 Å². The van der Waals surface area contributed by atoms with Gasteiger partial charge in [-0.15, -0.1) is 0 Å². The monoisotopic (exact) mass is 353 g/mol. The summed E-state index contributed by atoms with van der Waals surface area (Å²) in [6.45, 7) is 2.37. The van der Waals surface area contributed by atoms with Gasteiger partial charge in [0.15, 0.2) is 0 Å². The van der Waals surface area contributed by atoms with Crippen molar-refractivity contribution in [3.63, 3.8) is 0 Å². The molecule has 1 amide bonds. The van der Waals surface area contributed by atoms with E-state index in [0.717, 1.165) is 17.8 Å². The Hall–Kier alpha value is -3.28. The molecule has 0 saturated carbocycles. The SMILES string of the molecule is CCN(C(=O)c1ccc(Nc2c(F)cccc2F)cn1)c1ccccc1. The molecule has 0 radical (unpaired) electrons. The number of pyridine rings is 1. The number of halogens is 2. The number of para-hydroxylation sites is 2. The maximum Gasteiger partial charge on any atom is 0.276 e. The van der Waals surface area contributed by atoms with Gasteiger partial charge in [0.05, 0.1) is 11.9 Å². The van der Waals surface area contributed by atoms with E-state index >= 15 is 0 Å².